The number of nitrogens with zero attached hydrogens (tertiary/aromatic N) is 2. The van der Waals surface area contributed by atoms with Gasteiger partial charge in [0.05, 0.1) is 36.4 Å². The van der Waals surface area contributed by atoms with Crippen molar-refractivity contribution in [2.24, 2.45) is 23.5 Å². The van der Waals surface area contributed by atoms with Gasteiger partial charge in [0.25, 0.3) is 0 Å². The number of fused-ring (bicyclic) bond motifs is 2. The van der Waals surface area contributed by atoms with Crippen LogP contribution in [0.3, 0.4) is 0 Å². The maximum absolute atomic E-state index is 13.2. The van der Waals surface area contributed by atoms with Crippen LogP contribution in [0.2, 0.25) is 0 Å². The highest BCUT2D eigenvalue weighted by Gasteiger charge is 2.51. The summed E-state index contributed by atoms with van der Waals surface area (Å²) in [5.41, 5.74) is 6.47. The molecule has 0 aromatic carbocycles. The minimum Gasteiger partial charge on any atom is -0.381 e. The average Bonchev–Trinajstić information content (AvgIpc) is 2.75. The van der Waals surface area contributed by atoms with E-state index in [0.29, 0.717) is 25.0 Å². The summed E-state index contributed by atoms with van der Waals surface area (Å²) in [4.78, 5) is 30.1. The Labute approximate surface area is 173 Å². The van der Waals surface area contributed by atoms with Gasteiger partial charge in [0.1, 0.15) is 0 Å². The van der Waals surface area contributed by atoms with Crippen LogP contribution in [0.25, 0.3) is 0 Å². The Morgan fingerprint density at radius 3 is 2.72 bits per heavy atom. The van der Waals surface area contributed by atoms with Crippen molar-refractivity contribution in [3.05, 3.63) is 0 Å². The van der Waals surface area contributed by atoms with Crippen LogP contribution in [0.4, 0.5) is 0 Å². The van der Waals surface area contributed by atoms with Gasteiger partial charge in [0.15, 0.2) is 0 Å². The van der Waals surface area contributed by atoms with Gasteiger partial charge >= 0.3 is 0 Å². The van der Waals surface area contributed by atoms with Crippen LogP contribution in [0, 0.1) is 17.8 Å². The first-order valence-corrected chi connectivity index (χ1v) is 11.3. The second kappa shape index (κ2) is 8.88. The molecule has 0 aromatic rings. The van der Waals surface area contributed by atoms with E-state index >= 15 is 0 Å². The molecule has 2 amide bonds. The van der Waals surface area contributed by atoms with Crippen LogP contribution < -0.4 is 16.4 Å². The first kappa shape index (κ1) is 21.0. The van der Waals surface area contributed by atoms with Gasteiger partial charge in [-0.05, 0) is 64.3 Å². The summed E-state index contributed by atoms with van der Waals surface area (Å²) in [7, 11) is 3.71. The smallest absolute Gasteiger partial charge is 0.229 e. The highest BCUT2D eigenvalue weighted by atomic mass is 16.5. The highest BCUT2D eigenvalue weighted by molar-refractivity contribution is 5.84. The summed E-state index contributed by atoms with van der Waals surface area (Å²) >= 11 is 0. The zero-order valence-corrected chi connectivity index (χ0v) is 17.8. The molecule has 0 radical (unpaired) electrons. The topological polar surface area (TPSA) is 99.9 Å². The van der Waals surface area contributed by atoms with E-state index in [1.807, 2.05) is 16.8 Å². The van der Waals surface area contributed by atoms with Crippen molar-refractivity contribution < 1.29 is 14.3 Å². The SMILES string of the molecule is COC1CCC(CNC(=O)C2CC3C(=O)N4CCCCC4NC3N(C)C2N)CC1. The molecule has 4 fully saturated rings. The molecular weight excluding hydrogens is 370 g/mol. The third-order valence-corrected chi connectivity index (χ3v) is 7.71. The summed E-state index contributed by atoms with van der Waals surface area (Å²) in [5, 5.41) is 6.77. The molecule has 29 heavy (non-hydrogen) atoms. The van der Waals surface area contributed by atoms with Gasteiger partial charge in [0, 0.05) is 20.2 Å². The fourth-order valence-corrected chi connectivity index (χ4v) is 5.75. The van der Waals surface area contributed by atoms with E-state index in [2.05, 4.69) is 10.6 Å². The second-order valence-corrected chi connectivity index (χ2v) is 9.38. The first-order valence-electron chi connectivity index (χ1n) is 11.3. The number of hydrogen-bond acceptors (Lipinski definition) is 6. The van der Waals surface area contributed by atoms with Crippen molar-refractivity contribution >= 4 is 11.8 Å². The number of ether oxygens (including phenoxy) is 1. The van der Waals surface area contributed by atoms with Crippen LogP contribution in [0.15, 0.2) is 0 Å². The minimum absolute atomic E-state index is 0.00904. The van der Waals surface area contributed by atoms with Crippen molar-refractivity contribution in [2.45, 2.75) is 76.0 Å². The second-order valence-electron chi connectivity index (χ2n) is 9.38. The Morgan fingerprint density at radius 2 is 2.00 bits per heavy atom. The molecule has 4 N–H and O–H groups in total. The van der Waals surface area contributed by atoms with Crippen molar-refractivity contribution in [3.8, 4) is 0 Å². The molecule has 0 spiro atoms. The summed E-state index contributed by atoms with van der Waals surface area (Å²) in [6.07, 6.45) is 8.02. The van der Waals surface area contributed by atoms with E-state index in [0.717, 1.165) is 51.5 Å². The van der Waals surface area contributed by atoms with Crippen molar-refractivity contribution in [1.29, 1.82) is 0 Å². The summed E-state index contributed by atoms with van der Waals surface area (Å²) in [6.45, 7) is 1.51. The van der Waals surface area contributed by atoms with E-state index in [1.54, 1.807) is 7.11 Å². The summed E-state index contributed by atoms with van der Waals surface area (Å²) < 4.78 is 5.43. The molecule has 4 rings (SSSR count). The Kier molecular flexibility index (Phi) is 6.44. The molecule has 1 aliphatic carbocycles. The molecule has 3 saturated heterocycles. The number of amides is 2. The lowest BCUT2D eigenvalue weighted by atomic mass is 9.80. The van der Waals surface area contributed by atoms with E-state index in [-0.39, 0.29) is 42.1 Å². The Morgan fingerprint density at radius 1 is 1.24 bits per heavy atom. The third kappa shape index (κ3) is 4.17. The molecule has 0 bridgehead atoms. The standard InChI is InChI=1S/C21H37N5O3/c1-25-18(22)15(20(27)23-12-13-6-8-14(29-2)9-7-13)11-16-19(25)24-17-5-3-4-10-26(17)21(16)28/h13-19,24H,3-12,22H2,1-2H3,(H,23,27). The number of nitrogens with one attached hydrogen (secondary N) is 2. The molecule has 8 heteroatoms. The zero-order chi connectivity index (χ0) is 20.5. The summed E-state index contributed by atoms with van der Waals surface area (Å²) in [6, 6.07) is 0. The molecule has 0 aromatic heterocycles. The quantitative estimate of drug-likeness (QED) is 0.625. The van der Waals surface area contributed by atoms with Gasteiger partial charge < -0.3 is 20.7 Å². The van der Waals surface area contributed by atoms with Crippen molar-refractivity contribution in [3.63, 3.8) is 0 Å². The first-order chi connectivity index (χ1) is 14.0. The Hall–Kier alpha value is -1.22. The summed E-state index contributed by atoms with van der Waals surface area (Å²) in [5.74, 6) is 0.117. The molecule has 3 aliphatic heterocycles. The highest BCUT2D eigenvalue weighted by Crippen LogP contribution is 2.35. The van der Waals surface area contributed by atoms with Crippen LogP contribution in [-0.2, 0) is 14.3 Å². The number of hydrogen-bond donors (Lipinski definition) is 3. The fraction of sp³-hybridized carbons (Fsp3) is 0.905. The number of carbonyl (C=O) groups excluding carboxylic acids is 2. The van der Waals surface area contributed by atoms with Crippen LogP contribution in [-0.4, -0.2) is 73.5 Å². The number of carbonyl (C=O) groups is 2. The van der Waals surface area contributed by atoms with Gasteiger partial charge in [0.2, 0.25) is 11.8 Å². The average molecular weight is 408 g/mol. The lowest BCUT2D eigenvalue weighted by Crippen LogP contribution is -2.73. The normalized spacial score (nSPS) is 40.9. The predicted molar refractivity (Wildman–Crippen MR) is 109 cm³/mol. The lowest BCUT2D eigenvalue weighted by Gasteiger charge is -2.54. The third-order valence-electron chi connectivity index (χ3n) is 7.71. The van der Waals surface area contributed by atoms with Gasteiger partial charge in [-0.2, -0.15) is 0 Å². The molecule has 164 valence electrons. The van der Waals surface area contributed by atoms with Crippen LogP contribution in [0.5, 0.6) is 0 Å². The van der Waals surface area contributed by atoms with Gasteiger partial charge in [-0.15, -0.1) is 0 Å². The van der Waals surface area contributed by atoms with Crippen LogP contribution in [0.1, 0.15) is 51.4 Å². The van der Waals surface area contributed by atoms with Crippen LogP contribution >= 0.6 is 0 Å². The van der Waals surface area contributed by atoms with Gasteiger partial charge in [-0.1, -0.05) is 0 Å². The number of nitrogens with two attached hydrogens (primary N) is 1. The molecule has 5 unspecified atom stereocenters. The number of likely N-dealkylation sites (tertiary alicyclic amines) is 1. The molecule has 1 saturated carbocycles. The Balaban J connectivity index is 1.36. The maximum atomic E-state index is 13.2. The molecule has 3 heterocycles. The van der Waals surface area contributed by atoms with E-state index < -0.39 is 0 Å². The maximum Gasteiger partial charge on any atom is 0.229 e. The lowest BCUT2D eigenvalue weighted by molar-refractivity contribution is -0.160. The number of methoxy groups -OCH3 is 1. The molecule has 5 atom stereocenters. The van der Waals surface area contributed by atoms with E-state index in [9.17, 15) is 9.59 Å². The molecule has 8 nitrogen and oxygen atoms in total. The van der Waals surface area contributed by atoms with Crippen molar-refractivity contribution in [1.82, 2.24) is 20.4 Å². The van der Waals surface area contributed by atoms with Gasteiger partial charge in [-0.3, -0.25) is 19.8 Å². The zero-order valence-electron chi connectivity index (χ0n) is 17.8. The predicted octanol–water partition coefficient (Wildman–Crippen LogP) is 0.428. The number of piperidine rings is 2. The molecular formula is C21H37N5O3. The molecule has 4 aliphatic rings. The fourth-order valence-electron chi connectivity index (χ4n) is 5.75. The van der Waals surface area contributed by atoms with E-state index in [1.165, 1.54) is 0 Å². The largest absolute Gasteiger partial charge is 0.381 e. The van der Waals surface area contributed by atoms with E-state index in [4.69, 9.17) is 10.5 Å². The van der Waals surface area contributed by atoms with Gasteiger partial charge in [-0.25, -0.2) is 0 Å². The monoisotopic (exact) mass is 407 g/mol. The Bertz CT molecular complexity index is 609. The number of rotatable bonds is 4. The van der Waals surface area contributed by atoms with Crippen molar-refractivity contribution in [2.75, 3.05) is 27.2 Å². The minimum atomic E-state index is -0.379.